The molecule has 0 fully saturated rings. The highest BCUT2D eigenvalue weighted by molar-refractivity contribution is 5.41. The van der Waals surface area contributed by atoms with E-state index in [1.165, 1.54) is 36.9 Å². The average molecular weight is 247 g/mol. The van der Waals surface area contributed by atoms with Gasteiger partial charge in [0.05, 0.1) is 7.11 Å². The molecule has 2 rings (SSSR count). The van der Waals surface area contributed by atoms with Crippen LogP contribution in [0.25, 0.3) is 5.78 Å². The van der Waals surface area contributed by atoms with E-state index < -0.39 is 0 Å². The van der Waals surface area contributed by atoms with Crippen molar-refractivity contribution in [2.75, 3.05) is 7.11 Å². The van der Waals surface area contributed by atoms with E-state index in [0.717, 1.165) is 12.3 Å². The van der Waals surface area contributed by atoms with Crippen LogP contribution in [-0.2, 0) is 6.42 Å². The normalized spacial score (nSPS) is 11.1. The van der Waals surface area contributed by atoms with Crippen molar-refractivity contribution in [1.82, 2.24) is 14.4 Å². The summed E-state index contributed by atoms with van der Waals surface area (Å²) >= 11 is 0. The first-order chi connectivity index (χ1) is 8.77. The predicted molar refractivity (Wildman–Crippen MR) is 72.1 cm³/mol. The molecule has 0 saturated carbocycles. The number of methoxy groups -OCH3 is 1. The lowest BCUT2D eigenvalue weighted by Crippen LogP contribution is -2.04. The van der Waals surface area contributed by atoms with E-state index in [2.05, 4.69) is 23.8 Å². The van der Waals surface area contributed by atoms with Gasteiger partial charge in [-0.2, -0.15) is 4.98 Å². The van der Waals surface area contributed by atoms with Gasteiger partial charge in [0, 0.05) is 23.7 Å². The van der Waals surface area contributed by atoms with Crippen molar-refractivity contribution in [1.29, 1.82) is 0 Å². The van der Waals surface area contributed by atoms with Gasteiger partial charge < -0.3 is 4.74 Å². The van der Waals surface area contributed by atoms with E-state index in [1.807, 2.05) is 10.6 Å². The van der Waals surface area contributed by atoms with Crippen molar-refractivity contribution in [2.45, 2.75) is 46.0 Å². The molecule has 18 heavy (non-hydrogen) atoms. The second-order valence-corrected chi connectivity index (χ2v) is 4.59. The SMILES string of the molecule is CCCCCCc1c(OC)nc2nccn2c1C. The zero-order chi connectivity index (χ0) is 13.0. The molecule has 4 heteroatoms. The Kier molecular flexibility index (Phi) is 4.18. The molecule has 0 atom stereocenters. The summed E-state index contributed by atoms with van der Waals surface area (Å²) in [5, 5.41) is 0. The van der Waals surface area contributed by atoms with Gasteiger partial charge in [0.15, 0.2) is 0 Å². The summed E-state index contributed by atoms with van der Waals surface area (Å²) in [6.07, 6.45) is 9.75. The molecular weight excluding hydrogens is 226 g/mol. The van der Waals surface area contributed by atoms with E-state index in [1.54, 1.807) is 13.3 Å². The summed E-state index contributed by atoms with van der Waals surface area (Å²) < 4.78 is 7.42. The van der Waals surface area contributed by atoms with Gasteiger partial charge in [-0.05, 0) is 19.8 Å². The number of nitrogens with zero attached hydrogens (tertiary/aromatic N) is 3. The average Bonchev–Trinajstić information content (AvgIpc) is 2.85. The third kappa shape index (κ3) is 2.47. The lowest BCUT2D eigenvalue weighted by atomic mass is 10.1. The van der Waals surface area contributed by atoms with Gasteiger partial charge in [0.2, 0.25) is 11.7 Å². The zero-order valence-electron chi connectivity index (χ0n) is 11.4. The van der Waals surface area contributed by atoms with Crippen LogP contribution in [0.2, 0.25) is 0 Å². The largest absolute Gasteiger partial charge is 0.481 e. The number of rotatable bonds is 6. The Morgan fingerprint density at radius 1 is 1.28 bits per heavy atom. The Labute approximate surface area is 108 Å². The van der Waals surface area contributed by atoms with Crippen molar-refractivity contribution in [3.63, 3.8) is 0 Å². The fourth-order valence-corrected chi connectivity index (χ4v) is 2.28. The van der Waals surface area contributed by atoms with E-state index in [4.69, 9.17) is 4.74 Å². The molecule has 0 aliphatic carbocycles. The fourth-order valence-electron chi connectivity index (χ4n) is 2.28. The minimum Gasteiger partial charge on any atom is -0.481 e. The maximum absolute atomic E-state index is 5.40. The number of hydrogen-bond acceptors (Lipinski definition) is 3. The maximum Gasteiger partial charge on any atom is 0.237 e. The number of hydrogen-bond donors (Lipinski definition) is 0. The van der Waals surface area contributed by atoms with Gasteiger partial charge in [-0.25, -0.2) is 4.98 Å². The van der Waals surface area contributed by atoms with Crippen molar-refractivity contribution in [2.24, 2.45) is 0 Å². The van der Waals surface area contributed by atoms with Crippen LogP contribution in [-0.4, -0.2) is 21.5 Å². The van der Waals surface area contributed by atoms with Crippen LogP contribution < -0.4 is 4.74 Å². The Balaban J connectivity index is 2.26. The lowest BCUT2D eigenvalue weighted by molar-refractivity contribution is 0.390. The minimum atomic E-state index is 0.710. The smallest absolute Gasteiger partial charge is 0.237 e. The topological polar surface area (TPSA) is 39.4 Å². The summed E-state index contributed by atoms with van der Waals surface area (Å²) in [4.78, 5) is 8.65. The lowest BCUT2D eigenvalue weighted by Gasteiger charge is -2.12. The number of fused-ring (bicyclic) bond motifs is 1. The molecule has 0 N–H and O–H groups in total. The Bertz CT molecular complexity index is 519. The van der Waals surface area contributed by atoms with Crippen LogP contribution in [0.15, 0.2) is 12.4 Å². The van der Waals surface area contributed by atoms with Crippen LogP contribution in [0.5, 0.6) is 5.88 Å². The summed E-state index contributed by atoms with van der Waals surface area (Å²) in [5.74, 6) is 1.43. The predicted octanol–water partition coefficient (Wildman–Crippen LogP) is 3.17. The summed E-state index contributed by atoms with van der Waals surface area (Å²) in [5.41, 5.74) is 2.39. The highest BCUT2D eigenvalue weighted by Gasteiger charge is 2.12. The quantitative estimate of drug-likeness (QED) is 0.736. The highest BCUT2D eigenvalue weighted by atomic mass is 16.5. The summed E-state index contributed by atoms with van der Waals surface area (Å²) in [6, 6.07) is 0. The van der Waals surface area contributed by atoms with Gasteiger partial charge >= 0.3 is 0 Å². The van der Waals surface area contributed by atoms with Crippen molar-refractivity contribution in [3.05, 3.63) is 23.7 Å². The third-order valence-electron chi connectivity index (χ3n) is 3.35. The van der Waals surface area contributed by atoms with Gasteiger partial charge in [-0.1, -0.05) is 26.2 Å². The second kappa shape index (κ2) is 5.85. The molecule has 2 aromatic heterocycles. The summed E-state index contributed by atoms with van der Waals surface area (Å²) in [7, 11) is 1.68. The number of ether oxygens (including phenoxy) is 1. The molecule has 0 unspecified atom stereocenters. The Morgan fingerprint density at radius 2 is 2.11 bits per heavy atom. The maximum atomic E-state index is 5.40. The zero-order valence-corrected chi connectivity index (χ0v) is 11.4. The van der Waals surface area contributed by atoms with Crippen molar-refractivity contribution in [3.8, 4) is 5.88 Å². The van der Waals surface area contributed by atoms with Gasteiger partial charge in [-0.15, -0.1) is 0 Å². The first-order valence-corrected chi connectivity index (χ1v) is 6.64. The van der Waals surface area contributed by atoms with Crippen LogP contribution >= 0.6 is 0 Å². The van der Waals surface area contributed by atoms with Crippen molar-refractivity contribution < 1.29 is 4.74 Å². The Hall–Kier alpha value is -1.58. The molecular formula is C14H21N3O. The molecule has 4 nitrogen and oxygen atoms in total. The van der Waals surface area contributed by atoms with E-state index >= 15 is 0 Å². The molecule has 0 saturated heterocycles. The number of unbranched alkanes of at least 4 members (excludes halogenated alkanes) is 3. The molecule has 0 aliphatic heterocycles. The number of aromatic nitrogens is 3. The fraction of sp³-hybridized carbons (Fsp3) is 0.571. The van der Waals surface area contributed by atoms with Gasteiger partial charge in [0.1, 0.15) is 0 Å². The molecule has 0 aliphatic rings. The number of imidazole rings is 1. The molecule has 0 aromatic carbocycles. The monoisotopic (exact) mass is 247 g/mol. The first-order valence-electron chi connectivity index (χ1n) is 6.64. The molecule has 98 valence electrons. The van der Waals surface area contributed by atoms with Crippen molar-refractivity contribution >= 4 is 5.78 Å². The van der Waals surface area contributed by atoms with Gasteiger partial charge in [0.25, 0.3) is 0 Å². The molecule has 2 heterocycles. The summed E-state index contributed by atoms with van der Waals surface area (Å²) in [6.45, 7) is 4.33. The van der Waals surface area contributed by atoms with E-state index in [-0.39, 0.29) is 0 Å². The molecule has 0 amide bonds. The standard InChI is InChI=1S/C14H21N3O/c1-4-5-6-7-8-12-11(2)17-10-9-15-14(17)16-13(12)18-3/h9-10H,4-8H2,1-3H3. The highest BCUT2D eigenvalue weighted by Crippen LogP contribution is 2.23. The minimum absolute atomic E-state index is 0.710. The van der Waals surface area contributed by atoms with Crippen LogP contribution in [0.3, 0.4) is 0 Å². The van der Waals surface area contributed by atoms with E-state index in [9.17, 15) is 0 Å². The Morgan fingerprint density at radius 3 is 2.83 bits per heavy atom. The molecule has 2 aromatic rings. The molecule has 0 bridgehead atoms. The third-order valence-corrected chi connectivity index (χ3v) is 3.35. The van der Waals surface area contributed by atoms with E-state index in [0.29, 0.717) is 5.78 Å². The molecule has 0 radical (unpaired) electrons. The first kappa shape index (κ1) is 12.9. The number of aryl methyl sites for hydroxylation is 1. The second-order valence-electron chi connectivity index (χ2n) is 4.59. The van der Waals surface area contributed by atoms with Gasteiger partial charge in [-0.3, -0.25) is 4.40 Å². The van der Waals surface area contributed by atoms with Crippen LogP contribution in [0, 0.1) is 6.92 Å². The van der Waals surface area contributed by atoms with Crippen LogP contribution in [0.1, 0.15) is 43.9 Å². The van der Waals surface area contributed by atoms with Crippen LogP contribution in [0.4, 0.5) is 0 Å². The molecule has 0 spiro atoms.